The first-order valence-electron chi connectivity index (χ1n) is 6.15. The molecule has 0 aromatic heterocycles. The molecule has 1 heterocycles. The lowest BCUT2D eigenvalue weighted by molar-refractivity contribution is 0.411. The summed E-state index contributed by atoms with van der Waals surface area (Å²) in [7, 11) is 0. The van der Waals surface area contributed by atoms with E-state index >= 15 is 0 Å². The number of hydrogen-bond donors (Lipinski definition) is 0. The molecule has 0 amide bonds. The minimum absolute atomic E-state index is 0.201. The van der Waals surface area contributed by atoms with Crippen molar-refractivity contribution in [2.45, 2.75) is 52.1 Å². The van der Waals surface area contributed by atoms with Gasteiger partial charge in [-0.15, -0.1) is 0 Å². The fourth-order valence-electron chi connectivity index (χ4n) is 2.09. The highest BCUT2D eigenvalue weighted by Gasteiger charge is 2.31. The van der Waals surface area contributed by atoms with E-state index in [-0.39, 0.29) is 5.41 Å². The van der Waals surface area contributed by atoms with Crippen molar-refractivity contribution in [1.29, 1.82) is 0 Å². The Bertz CT molecular complexity index is 381. The summed E-state index contributed by atoms with van der Waals surface area (Å²) in [5.41, 5.74) is 4.46. The first-order valence-corrected chi connectivity index (χ1v) is 6.15. The van der Waals surface area contributed by atoms with E-state index < -0.39 is 0 Å². The van der Waals surface area contributed by atoms with Crippen LogP contribution in [0.3, 0.4) is 0 Å². The third kappa shape index (κ3) is 2.30. The number of hydrogen-bond acceptors (Lipinski definition) is 1. The van der Waals surface area contributed by atoms with Crippen molar-refractivity contribution >= 4 is 0 Å². The molecule has 0 radical (unpaired) electrons. The molecule has 1 aromatic carbocycles. The predicted molar refractivity (Wildman–Crippen MR) is 67.9 cm³/mol. The van der Waals surface area contributed by atoms with Crippen molar-refractivity contribution in [3.05, 3.63) is 34.9 Å². The molecule has 0 aliphatic carbocycles. The van der Waals surface area contributed by atoms with Gasteiger partial charge in [0.25, 0.3) is 0 Å². The van der Waals surface area contributed by atoms with E-state index in [4.69, 9.17) is 4.74 Å². The van der Waals surface area contributed by atoms with Gasteiger partial charge in [0, 0.05) is 0 Å². The average Bonchev–Trinajstić information content (AvgIpc) is 2.98. The molecule has 88 valence electrons. The topological polar surface area (TPSA) is 12.5 Å². The van der Waals surface area contributed by atoms with Gasteiger partial charge >= 0.3 is 0 Å². The van der Waals surface area contributed by atoms with Gasteiger partial charge in [-0.3, -0.25) is 0 Å². The lowest BCUT2D eigenvalue weighted by atomic mass is 9.81. The molecule has 0 spiro atoms. The third-order valence-electron chi connectivity index (χ3n) is 3.23. The van der Waals surface area contributed by atoms with Gasteiger partial charge in [-0.05, 0) is 28.0 Å². The van der Waals surface area contributed by atoms with E-state index in [9.17, 15) is 0 Å². The highest BCUT2D eigenvalue weighted by atomic mass is 16.6. The largest absolute Gasteiger partial charge is 0.368 e. The highest BCUT2D eigenvalue weighted by Crippen LogP contribution is 2.38. The maximum Gasteiger partial charge on any atom is 0.106 e. The molecule has 1 aliphatic heterocycles. The number of ether oxygens (including phenoxy) is 1. The number of rotatable bonds is 2. The molecule has 1 nitrogen and oxygen atoms in total. The van der Waals surface area contributed by atoms with Gasteiger partial charge in [-0.2, -0.15) is 0 Å². The van der Waals surface area contributed by atoms with Gasteiger partial charge in [-0.1, -0.05) is 52.8 Å². The summed E-state index contributed by atoms with van der Waals surface area (Å²) >= 11 is 0. The molecule has 2 rings (SSSR count). The van der Waals surface area contributed by atoms with Crippen molar-refractivity contribution in [2.24, 2.45) is 0 Å². The maximum absolute atomic E-state index is 5.43. The second-order valence-electron chi connectivity index (χ2n) is 6.07. The van der Waals surface area contributed by atoms with Gasteiger partial charge in [0.1, 0.15) is 6.10 Å². The molecule has 0 bridgehead atoms. The Balaban J connectivity index is 2.47. The Labute approximate surface area is 98.8 Å². The number of benzene rings is 1. The minimum atomic E-state index is 0.201. The molecule has 0 N–H and O–H groups in total. The Morgan fingerprint density at radius 2 is 1.88 bits per heavy atom. The van der Waals surface area contributed by atoms with Gasteiger partial charge < -0.3 is 4.74 Å². The lowest BCUT2D eigenvalue weighted by Crippen LogP contribution is -2.15. The Kier molecular flexibility index (Phi) is 2.83. The quantitative estimate of drug-likeness (QED) is 0.678. The maximum atomic E-state index is 5.43. The van der Waals surface area contributed by atoms with Crippen molar-refractivity contribution in [3.8, 4) is 0 Å². The van der Waals surface area contributed by atoms with E-state index in [1.54, 1.807) is 0 Å². The molecular formula is C15H22O. The molecule has 16 heavy (non-hydrogen) atoms. The van der Waals surface area contributed by atoms with Crippen LogP contribution >= 0.6 is 0 Å². The third-order valence-corrected chi connectivity index (χ3v) is 3.23. The first-order chi connectivity index (χ1) is 7.39. The van der Waals surface area contributed by atoms with E-state index in [0.717, 1.165) is 6.61 Å². The Morgan fingerprint density at radius 1 is 1.25 bits per heavy atom. The molecule has 1 unspecified atom stereocenters. The van der Waals surface area contributed by atoms with E-state index in [1.807, 2.05) is 0 Å². The normalized spacial score (nSPS) is 20.2. The first kappa shape index (κ1) is 11.7. The van der Waals surface area contributed by atoms with Crippen LogP contribution in [-0.4, -0.2) is 6.61 Å². The molecule has 1 heteroatoms. The minimum Gasteiger partial charge on any atom is -0.368 e. The van der Waals surface area contributed by atoms with Crippen LogP contribution in [0.5, 0.6) is 0 Å². The van der Waals surface area contributed by atoms with Crippen LogP contribution in [0.15, 0.2) is 18.2 Å². The van der Waals surface area contributed by atoms with Crippen LogP contribution in [0, 0.1) is 0 Å². The summed E-state index contributed by atoms with van der Waals surface area (Å²) in [6.45, 7) is 12.2. The molecule has 1 aliphatic rings. The summed E-state index contributed by atoms with van der Waals surface area (Å²) in [4.78, 5) is 0. The summed E-state index contributed by atoms with van der Waals surface area (Å²) in [5.74, 6) is 0.593. The predicted octanol–water partition coefficient (Wildman–Crippen LogP) is 4.18. The van der Waals surface area contributed by atoms with Crippen LogP contribution in [0.25, 0.3) is 0 Å². The summed E-state index contributed by atoms with van der Waals surface area (Å²) in [5, 5.41) is 0. The average molecular weight is 218 g/mol. The summed E-state index contributed by atoms with van der Waals surface area (Å²) < 4.78 is 5.43. The van der Waals surface area contributed by atoms with E-state index in [0.29, 0.717) is 12.0 Å². The molecule has 1 atom stereocenters. The van der Waals surface area contributed by atoms with Crippen LogP contribution in [0.1, 0.15) is 63.3 Å². The highest BCUT2D eigenvalue weighted by molar-refractivity contribution is 5.40. The van der Waals surface area contributed by atoms with Crippen molar-refractivity contribution in [3.63, 3.8) is 0 Å². The standard InChI is InChI=1S/C15H22O/c1-10(2)11-6-7-12(14-9-16-14)13(8-11)15(3,4)5/h6-8,10,14H,9H2,1-5H3. The monoisotopic (exact) mass is 218 g/mol. The SMILES string of the molecule is CC(C)c1ccc(C2CO2)c(C(C)(C)C)c1. The molecule has 1 fully saturated rings. The smallest absolute Gasteiger partial charge is 0.106 e. The Hall–Kier alpha value is -0.820. The number of epoxide rings is 1. The van der Waals surface area contributed by atoms with Crippen LogP contribution in [0.2, 0.25) is 0 Å². The molecule has 0 saturated carbocycles. The second-order valence-corrected chi connectivity index (χ2v) is 6.07. The van der Waals surface area contributed by atoms with Crippen LogP contribution in [-0.2, 0) is 10.2 Å². The second kappa shape index (κ2) is 3.89. The van der Waals surface area contributed by atoms with Crippen molar-refractivity contribution in [2.75, 3.05) is 6.61 Å². The van der Waals surface area contributed by atoms with Crippen molar-refractivity contribution < 1.29 is 4.74 Å². The molecule has 1 aromatic rings. The van der Waals surface area contributed by atoms with E-state index in [1.165, 1.54) is 16.7 Å². The van der Waals surface area contributed by atoms with Gasteiger partial charge in [-0.25, -0.2) is 0 Å². The summed E-state index contributed by atoms with van der Waals surface area (Å²) in [6.07, 6.45) is 0.357. The zero-order chi connectivity index (χ0) is 11.9. The van der Waals surface area contributed by atoms with E-state index in [2.05, 4.69) is 52.8 Å². The van der Waals surface area contributed by atoms with Gasteiger partial charge in [0.2, 0.25) is 0 Å². The zero-order valence-corrected chi connectivity index (χ0v) is 11.0. The Morgan fingerprint density at radius 3 is 2.31 bits per heavy atom. The fourth-order valence-corrected chi connectivity index (χ4v) is 2.09. The fraction of sp³-hybridized carbons (Fsp3) is 0.600. The molecular weight excluding hydrogens is 196 g/mol. The molecule has 1 saturated heterocycles. The lowest BCUT2D eigenvalue weighted by Gasteiger charge is -2.24. The van der Waals surface area contributed by atoms with Crippen molar-refractivity contribution in [1.82, 2.24) is 0 Å². The summed E-state index contributed by atoms with van der Waals surface area (Å²) in [6, 6.07) is 6.87. The van der Waals surface area contributed by atoms with Crippen LogP contribution in [0.4, 0.5) is 0 Å². The zero-order valence-electron chi connectivity index (χ0n) is 11.0. The van der Waals surface area contributed by atoms with Crippen LogP contribution < -0.4 is 0 Å². The van der Waals surface area contributed by atoms with Gasteiger partial charge in [0.15, 0.2) is 0 Å². The van der Waals surface area contributed by atoms with Gasteiger partial charge in [0.05, 0.1) is 6.61 Å².